The van der Waals surface area contributed by atoms with Crippen LogP contribution in [0.3, 0.4) is 0 Å². The van der Waals surface area contributed by atoms with E-state index in [1.165, 1.54) is 38.5 Å². The summed E-state index contributed by atoms with van der Waals surface area (Å²) in [6, 6.07) is 7.58. The first-order valence-electron chi connectivity index (χ1n) is 11.1. The van der Waals surface area contributed by atoms with Gasteiger partial charge in [-0.15, -0.1) is 0 Å². The third-order valence-corrected chi connectivity index (χ3v) is 5.97. The summed E-state index contributed by atoms with van der Waals surface area (Å²) in [6.07, 6.45) is 10.2. The molecule has 0 amide bonds. The first kappa shape index (κ1) is 25.7. The van der Waals surface area contributed by atoms with Crippen LogP contribution in [0.5, 0.6) is 0 Å². The molecular formula is C24H37BrO4. The van der Waals surface area contributed by atoms with Crippen LogP contribution in [0.15, 0.2) is 28.7 Å². The summed E-state index contributed by atoms with van der Waals surface area (Å²) in [4.78, 5) is 25.5. The highest BCUT2D eigenvalue weighted by Crippen LogP contribution is 2.31. The predicted molar refractivity (Wildman–Crippen MR) is 121 cm³/mol. The molecule has 0 aromatic heterocycles. The molecule has 0 aliphatic rings. The highest BCUT2D eigenvalue weighted by Gasteiger charge is 2.45. The molecule has 0 atom stereocenters. The van der Waals surface area contributed by atoms with E-state index >= 15 is 0 Å². The minimum Gasteiger partial charge on any atom is -0.465 e. The number of hydrogen-bond acceptors (Lipinski definition) is 4. The molecule has 164 valence electrons. The average Bonchev–Trinajstić information content (AvgIpc) is 2.72. The van der Waals surface area contributed by atoms with E-state index in [2.05, 4.69) is 22.9 Å². The van der Waals surface area contributed by atoms with Crippen LogP contribution in [-0.2, 0) is 25.7 Å². The van der Waals surface area contributed by atoms with Crippen molar-refractivity contribution in [3.8, 4) is 0 Å². The van der Waals surface area contributed by atoms with Crippen molar-refractivity contribution in [2.45, 2.75) is 91.6 Å². The van der Waals surface area contributed by atoms with E-state index in [1.54, 1.807) is 0 Å². The molecule has 0 saturated carbocycles. The lowest BCUT2D eigenvalue weighted by Gasteiger charge is -2.27. The van der Waals surface area contributed by atoms with Crippen LogP contribution in [0.1, 0.15) is 90.5 Å². The van der Waals surface area contributed by atoms with Crippen molar-refractivity contribution in [3.63, 3.8) is 0 Å². The summed E-state index contributed by atoms with van der Waals surface area (Å²) in [7, 11) is 0. The Hall–Kier alpha value is -1.36. The topological polar surface area (TPSA) is 52.6 Å². The fraction of sp³-hybridized carbons (Fsp3) is 0.667. The minimum atomic E-state index is -1.22. The highest BCUT2D eigenvalue weighted by atomic mass is 79.9. The molecule has 0 unspecified atom stereocenters. The standard InChI is InChI=1S/C24H37BrO4/c1-4-7-8-9-10-11-12-13-17-28-22(26)24(5-2,6-3)23(27)29-19-20-15-14-16-21(25)18-20/h14-16,18H,4-13,17,19H2,1-3H3. The number of halogens is 1. The fourth-order valence-electron chi connectivity index (χ4n) is 3.36. The number of esters is 2. The summed E-state index contributed by atoms with van der Waals surface area (Å²) in [5.74, 6) is -0.951. The van der Waals surface area contributed by atoms with Crippen LogP contribution < -0.4 is 0 Å². The van der Waals surface area contributed by atoms with E-state index < -0.39 is 17.4 Å². The summed E-state index contributed by atoms with van der Waals surface area (Å²) in [5.41, 5.74) is -0.340. The molecule has 0 saturated heterocycles. The van der Waals surface area contributed by atoms with Gasteiger partial charge in [-0.3, -0.25) is 9.59 Å². The van der Waals surface area contributed by atoms with E-state index in [-0.39, 0.29) is 6.61 Å². The lowest BCUT2D eigenvalue weighted by atomic mass is 9.82. The maximum absolute atomic E-state index is 12.8. The van der Waals surface area contributed by atoms with Gasteiger partial charge < -0.3 is 9.47 Å². The lowest BCUT2D eigenvalue weighted by molar-refractivity contribution is -0.174. The Morgan fingerprint density at radius 1 is 0.862 bits per heavy atom. The second-order valence-electron chi connectivity index (χ2n) is 7.61. The van der Waals surface area contributed by atoms with Crippen molar-refractivity contribution < 1.29 is 19.1 Å². The Kier molecular flexibility index (Phi) is 12.9. The summed E-state index contributed by atoms with van der Waals surface area (Å²) in [5, 5.41) is 0. The van der Waals surface area contributed by atoms with Crippen molar-refractivity contribution in [1.82, 2.24) is 0 Å². The summed E-state index contributed by atoms with van der Waals surface area (Å²) in [6.45, 7) is 6.40. The second kappa shape index (κ2) is 14.6. The van der Waals surface area contributed by atoms with Crippen LogP contribution in [0, 0.1) is 5.41 Å². The second-order valence-corrected chi connectivity index (χ2v) is 8.52. The molecule has 5 heteroatoms. The number of rotatable bonds is 15. The van der Waals surface area contributed by atoms with Crippen LogP contribution in [-0.4, -0.2) is 18.5 Å². The number of unbranched alkanes of at least 4 members (excludes halogenated alkanes) is 7. The maximum Gasteiger partial charge on any atom is 0.323 e. The van der Waals surface area contributed by atoms with E-state index in [0.29, 0.717) is 19.4 Å². The Morgan fingerprint density at radius 3 is 2.03 bits per heavy atom. The molecular weight excluding hydrogens is 432 g/mol. The molecule has 0 spiro atoms. The molecule has 0 aliphatic heterocycles. The Balaban J connectivity index is 2.43. The molecule has 4 nitrogen and oxygen atoms in total. The van der Waals surface area contributed by atoms with Gasteiger partial charge in [0.05, 0.1) is 6.61 Å². The average molecular weight is 469 g/mol. The molecule has 0 radical (unpaired) electrons. The van der Waals surface area contributed by atoms with Crippen molar-refractivity contribution in [2.24, 2.45) is 5.41 Å². The Bertz CT molecular complexity index is 611. The SMILES string of the molecule is CCCCCCCCCCOC(=O)C(CC)(CC)C(=O)OCc1cccc(Br)c1. The molecule has 29 heavy (non-hydrogen) atoms. The molecule has 1 aromatic carbocycles. The smallest absolute Gasteiger partial charge is 0.323 e. The lowest BCUT2D eigenvalue weighted by Crippen LogP contribution is -2.41. The minimum absolute atomic E-state index is 0.144. The maximum atomic E-state index is 12.8. The first-order valence-corrected chi connectivity index (χ1v) is 11.9. The van der Waals surface area contributed by atoms with Crippen LogP contribution >= 0.6 is 15.9 Å². The Labute approximate surface area is 184 Å². The van der Waals surface area contributed by atoms with Crippen molar-refractivity contribution in [1.29, 1.82) is 0 Å². The van der Waals surface area contributed by atoms with Gasteiger partial charge in [-0.2, -0.15) is 0 Å². The monoisotopic (exact) mass is 468 g/mol. The summed E-state index contributed by atoms with van der Waals surface area (Å²) < 4.78 is 11.9. The zero-order chi connectivity index (χ0) is 21.5. The van der Waals surface area contributed by atoms with Gasteiger partial charge in [0.2, 0.25) is 0 Å². The van der Waals surface area contributed by atoms with Crippen molar-refractivity contribution in [3.05, 3.63) is 34.3 Å². The number of carbonyl (C=O) groups excluding carboxylic acids is 2. The molecule has 0 fully saturated rings. The predicted octanol–water partition coefficient (Wildman–Crippen LogP) is 6.98. The van der Waals surface area contributed by atoms with Gasteiger partial charge >= 0.3 is 11.9 Å². The van der Waals surface area contributed by atoms with Gasteiger partial charge in [0.1, 0.15) is 6.61 Å². The molecule has 1 rings (SSSR count). The first-order chi connectivity index (χ1) is 14.0. The number of benzene rings is 1. The Morgan fingerprint density at radius 2 is 1.45 bits per heavy atom. The van der Waals surface area contributed by atoms with Gasteiger partial charge in [-0.25, -0.2) is 0 Å². The largest absolute Gasteiger partial charge is 0.465 e. The fourth-order valence-corrected chi connectivity index (χ4v) is 3.81. The van der Waals surface area contributed by atoms with E-state index in [9.17, 15) is 9.59 Å². The molecule has 1 aromatic rings. The number of hydrogen-bond donors (Lipinski definition) is 0. The molecule has 0 heterocycles. The van der Waals surface area contributed by atoms with Gasteiger partial charge in [-0.05, 0) is 37.0 Å². The van der Waals surface area contributed by atoms with Crippen LogP contribution in [0.4, 0.5) is 0 Å². The van der Waals surface area contributed by atoms with Crippen LogP contribution in [0.2, 0.25) is 0 Å². The molecule has 0 N–H and O–H groups in total. The molecule has 0 bridgehead atoms. The number of carbonyl (C=O) groups is 2. The van der Waals surface area contributed by atoms with E-state index in [1.807, 2.05) is 38.1 Å². The van der Waals surface area contributed by atoms with Gasteiger partial charge in [-0.1, -0.05) is 93.8 Å². The normalized spacial score (nSPS) is 11.3. The third kappa shape index (κ3) is 8.90. The van der Waals surface area contributed by atoms with Gasteiger partial charge in [0.15, 0.2) is 5.41 Å². The quantitative estimate of drug-likeness (QED) is 0.158. The zero-order valence-corrected chi connectivity index (χ0v) is 19.9. The van der Waals surface area contributed by atoms with Gasteiger partial charge in [0, 0.05) is 4.47 Å². The van der Waals surface area contributed by atoms with Crippen molar-refractivity contribution >= 4 is 27.9 Å². The zero-order valence-electron chi connectivity index (χ0n) is 18.3. The highest BCUT2D eigenvalue weighted by molar-refractivity contribution is 9.10. The number of ether oxygens (including phenoxy) is 2. The van der Waals surface area contributed by atoms with Gasteiger partial charge in [0.25, 0.3) is 0 Å². The van der Waals surface area contributed by atoms with Crippen LogP contribution in [0.25, 0.3) is 0 Å². The third-order valence-electron chi connectivity index (χ3n) is 5.48. The summed E-state index contributed by atoms with van der Waals surface area (Å²) >= 11 is 3.41. The van der Waals surface area contributed by atoms with Crippen molar-refractivity contribution in [2.75, 3.05) is 6.61 Å². The van der Waals surface area contributed by atoms with E-state index in [4.69, 9.17) is 9.47 Å². The van der Waals surface area contributed by atoms with E-state index in [0.717, 1.165) is 22.9 Å². The molecule has 0 aliphatic carbocycles.